The molecule has 1 aliphatic heterocycles. The number of hydrogen-bond donors (Lipinski definition) is 1. The van der Waals surface area contributed by atoms with Crippen molar-refractivity contribution in [3.05, 3.63) is 7.05 Å². The van der Waals surface area contributed by atoms with Crippen molar-refractivity contribution in [2.45, 2.75) is 6.42 Å². The Morgan fingerprint density at radius 3 is 1.80 bits per heavy atom. The van der Waals surface area contributed by atoms with Gasteiger partial charge in [-0.25, -0.2) is 0 Å². The van der Waals surface area contributed by atoms with Crippen molar-refractivity contribution in [1.29, 1.82) is 0 Å². The zero-order chi connectivity index (χ0) is 3.70. The predicted molar refractivity (Wildman–Crippen MR) is 20.7 cm³/mol. The van der Waals surface area contributed by atoms with Crippen LogP contribution in [-0.4, -0.2) is 13.1 Å². The molecule has 1 heterocycles. The molecule has 0 aliphatic carbocycles. The van der Waals surface area contributed by atoms with Crippen LogP contribution in [0.3, 0.4) is 0 Å². The van der Waals surface area contributed by atoms with E-state index in [1.807, 2.05) is 0 Å². The van der Waals surface area contributed by atoms with Gasteiger partial charge in [0.25, 0.3) is 0 Å². The van der Waals surface area contributed by atoms with Crippen LogP contribution in [0.5, 0.6) is 0 Å². The van der Waals surface area contributed by atoms with Crippen LogP contribution in [0.15, 0.2) is 0 Å². The lowest BCUT2D eigenvalue weighted by atomic mass is 10.3. The molecule has 0 bridgehead atoms. The minimum absolute atomic E-state index is 1.29. The van der Waals surface area contributed by atoms with Gasteiger partial charge < -0.3 is 4.90 Å². The van der Waals surface area contributed by atoms with Gasteiger partial charge in [-0.2, -0.15) is 7.05 Å². The highest BCUT2D eigenvalue weighted by Crippen LogP contribution is 1.72. The first-order valence-corrected chi connectivity index (χ1v) is 2.06. The van der Waals surface area contributed by atoms with Gasteiger partial charge in [-0.3, -0.25) is 0 Å². The molecule has 1 fully saturated rings. The molecule has 0 aromatic carbocycles. The zero-order valence-electron chi connectivity index (χ0n) is 3.33. The Morgan fingerprint density at radius 2 is 1.80 bits per heavy atom. The lowest BCUT2D eigenvalue weighted by molar-refractivity contribution is -0.895. The fourth-order valence-electron chi connectivity index (χ4n) is 0.427. The summed E-state index contributed by atoms with van der Waals surface area (Å²) < 4.78 is 0. The highest BCUT2D eigenvalue weighted by Gasteiger charge is 2.04. The summed E-state index contributed by atoms with van der Waals surface area (Å²) in [4.78, 5) is 1.44. The van der Waals surface area contributed by atoms with E-state index >= 15 is 0 Å². The molecule has 0 radical (unpaired) electrons. The largest absolute Gasteiger partial charge is 0.467 e. The van der Waals surface area contributed by atoms with E-state index in [0.717, 1.165) is 0 Å². The second kappa shape index (κ2) is 0.977. The molecular formula is C4H9N. The summed E-state index contributed by atoms with van der Waals surface area (Å²) in [5.74, 6) is 0. The lowest BCUT2D eigenvalue weighted by Gasteiger charge is -2.28. The molecule has 0 atom stereocenters. The molecule has 30 valence electrons. The van der Waals surface area contributed by atoms with Gasteiger partial charge in [-0.15, -0.1) is 0 Å². The second-order valence-corrected chi connectivity index (χ2v) is 1.60. The van der Waals surface area contributed by atoms with E-state index in [-0.39, 0.29) is 0 Å². The van der Waals surface area contributed by atoms with Crippen LogP contribution < -0.4 is 4.90 Å². The molecule has 1 N–H and O–H groups in total. The summed E-state index contributed by atoms with van der Waals surface area (Å²) in [6, 6.07) is 0. The Balaban J connectivity index is 2.08. The van der Waals surface area contributed by atoms with Crippen LogP contribution in [-0.2, 0) is 0 Å². The van der Waals surface area contributed by atoms with E-state index in [1.165, 1.54) is 24.4 Å². The van der Waals surface area contributed by atoms with E-state index < -0.39 is 0 Å². The third-order valence-electron chi connectivity index (χ3n) is 1.06. The first-order chi connectivity index (χ1) is 2.39. The Labute approximate surface area is 32.6 Å². The fourth-order valence-corrected chi connectivity index (χ4v) is 0.427. The number of nitrogens with one attached hydrogen (secondary N) is 1. The van der Waals surface area contributed by atoms with E-state index in [2.05, 4.69) is 7.05 Å². The van der Waals surface area contributed by atoms with Crippen molar-refractivity contribution in [2.24, 2.45) is 0 Å². The SMILES string of the molecule is [CH2-][NH+]1CCC1. The molecule has 1 rings (SSSR count). The van der Waals surface area contributed by atoms with Crippen molar-refractivity contribution in [3.8, 4) is 0 Å². The van der Waals surface area contributed by atoms with Crippen molar-refractivity contribution in [1.82, 2.24) is 0 Å². The van der Waals surface area contributed by atoms with Crippen LogP contribution in [0.25, 0.3) is 0 Å². The number of likely N-dealkylation sites (tertiary alicyclic amines) is 1. The summed E-state index contributed by atoms with van der Waals surface area (Å²) in [6.07, 6.45) is 1.39. The quantitative estimate of drug-likeness (QED) is 0.352. The summed E-state index contributed by atoms with van der Waals surface area (Å²) >= 11 is 0. The Morgan fingerprint density at radius 1 is 1.40 bits per heavy atom. The van der Waals surface area contributed by atoms with Gasteiger partial charge in [0.15, 0.2) is 0 Å². The molecule has 5 heavy (non-hydrogen) atoms. The monoisotopic (exact) mass is 71.1 g/mol. The highest BCUT2D eigenvalue weighted by atomic mass is 15.1. The van der Waals surface area contributed by atoms with E-state index in [1.54, 1.807) is 0 Å². The Hall–Kier alpha value is -0.0400. The maximum absolute atomic E-state index is 3.76. The highest BCUT2D eigenvalue weighted by molar-refractivity contribution is 4.39. The maximum atomic E-state index is 3.76. The van der Waals surface area contributed by atoms with Gasteiger partial charge in [0.05, 0.1) is 13.1 Å². The normalized spacial score (nSPS) is 25.8. The van der Waals surface area contributed by atoms with Crippen LogP contribution in [0.2, 0.25) is 0 Å². The van der Waals surface area contributed by atoms with Crippen molar-refractivity contribution in [2.75, 3.05) is 13.1 Å². The second-order valence-electron chi connectivity index (χ2n) is 1.60. The topological polar surface area (TPSA) is 4.44 Å². The molecule has 1 nitrogen and oxygen atoms in total. The van der Waals surface area contributed by atoms with Gasteiger partial charge in [-0.1, -0.05) is 0 Å². The summed E-state index contributed by atoms with van der Waals surface area (Å²) in [5, 5.41) is 0. The fraction of sp³-hybridized carbons (Fsp3) is 0.750. The van der Waals surface area contributed by atoms with Crippen molar-refractivity contribution < 1.29 is 4.90 Å². The summed E-state index contributed by atoms with van der Waals surface area (Å²) in [7, 11) is 3.76. The minimum atomic E-state index is 1.29. The standard InChI is InChI=1S/C4H9N/c1-5-3-2-4-5/h5H,1-4H2. The van der Waals surface area contributed by atoms with E-state index in [0.29, 0.717) is 0 Å². The minimum Gasteiger partial charge on any atom is -0.467 e. The number of rotatable bonds is 0. The molecule has 1 heteroatoms. The molecule has 1 aliphatic rings. The molecular weight excluding hydrogens is 62.1 g/mol. The van der Waals surface area contributed by atoms with Crippen LogP contribution >= 0.6 is 0 Å². The predicted octanol–water partition coefficient (Wildman–Crippen LogP) is -0.933. The summed E-state index contributed by atoms with van der Waals surface area (Å²) in [6.45, 7) is 2.58. The zero-order valence-corrected chi connectivity index (χ0v) is 3.33. The first-order valence-electron chi connectivity index (χ1n) is 2.06. The van der Waals surface area contributed by atoms with Gasteiger partial charge >= 0.3 is 0 Å². The van der Waals surface area contributed by atoms with Crippen LogP contribution in [0.4, 0.5) is 0 Å². The smallest absolute Gasteiger partial charge is 0.0583 e. The molecule has 0 amide bonds. The van der Waals surface area contributed by atoms with Crippen molar-refractivity contribution >= 4 is 0 Å². The molecule has 0 aromatic heterocycles. The van der Waals surface area contributed by atoms with Crippen molar-refractivity contribution in [3.63, 3.8) is 0 Å². The van der Waals surface area contributed by atoms with Gasteiger partial charge in [0.1, 0.15) is 0 Å². The Bertz CT molecular complexity index is 30.6. The molecule has 1 saturated heterocycles. The van der Waals surface area contributed by atoms with Gasteiger partial charge in [0, 0.05) is 6.42 Å². The van der Waals surface area contributed by atoms with Gasteiger partial charge in [0.2, 0.25) is 0 Å². The molecule has 0 aromatic rings. The van der Waals surface area contributed by atoms with Crippen LogP contribution in [0.1, 0.15) is 6.42 Å². The molecule has 0 unspecified atom stereocenters. The Kier molecular flexibility index (Phi) is 0.618. The first kappa shape index (κ1) is 3.16. The maximum Gasteiger partial charge on any atom is 0.0583 e. The van der Waals surface area contributed by atoms with Gasteiger partial charge in [-0.05, 0) is 0 Å². The molecule has 0 saturated carbocycles. The average molecular weight is 71.1 g/mol. The number of hydrogen-bond acceptors (Lipinski definition) is 0. The third kappa shape index (κ3) is 0.428. The number of quaternary nitrogens is 1. The lowest BCUT2D eigenvalue weighted by Crippen LogP contribution is -3.13. The van der Waals surface area contributed by atoms with Crippen LogP contribution in [0, 0.1) is 7.05 Å². The van der Waals surface area contributed by atoms with E-state index in [4.69, 9.17) is 0 Å². The van der Waals surface area contributed by atoms with E-state index in [9.17, 15) is 0 Å². The summed E-state index contributed by atoms with van der Waals surface area (Å²) in [5.41, 5.74) is 0. The third-order valence-corrected chi connectivity index (χ3v) is 1.06. The average Bonchev–Trinajstić information content (AvgIpc) is 1.30. The molecule has 0 spiro atoms.